The molecule has 32 heavy (non-hydrogen) atoms. The van der Waals surface area contributed by atoms with E-state index in [1.54, 1.807) is 13.0 Å². The highest BCUT2D eigenvalue weighted by Crippen LogP contribution is 2.26. The van der Waals surface area contributed by atoms with Gasteiger partial charge in [-0.15, -0.1) is 0 Å². The van der Waals surface area contributed by atoms with Gasteiger partial charge < -0.3 is 5.32 Å². The van der Waals surface area contributed by atoms with Crippen LogP contribution >= 0.6 is 0 Å². The number of nitrogens with one attached hydrogen (secondary N) is 2. The lowest BCUT2D eigenvalue weighted by molar-refractivity contribution is -0.125. The van der Waals surface area contributed by atoms with Crippen LogP contribution in [-0.4, -0.2) is 67.8 Å². The minimum atomic E-state index is -3.56. The van der Waals surface area contributed by atoms with E-state index in [0.717, 1.165) is 56.9 Å². The molecule has 176 valence electrons. The van der Waals surface area contributed by atoms with Gasteiger partial charge in [0, 0.05) is 32.2 Å². The molecule has 9 heteroatoms. The van der Waals surface area contributed by atoms with Crippen molar-refractivity contribution in [2.75, 3.05) is 26.2 Å². The Morgan fingerprint density at radius 2 is 1.62 bits per heavy atom. The van der Waals surface area contributed by atoms with Crippen molar-refractivity contribution in [3.8, 4) is 0 Å². The quantitative estimate of drug-likeness (QED) is 0.698. The van der Waals surface area contributed by atoms with Crippen LogP contribution in [0.3, 0.4) is 0 Å². The molecule has 0 bridgehead atoms. The van der Waals surface area contributed by atoms with Crippen molar-refractivity contribution in [2.45, 2.75) is 75.3 Å². The van der Waals surface area contributed by atoms with Crippen LogP contribution in [0.2, 0.25) is 0 Å². The number of piperazine rings is 1. The highest BCUT2D eigenvalue weighted by molar-refractivity contribution is 7.89. The standard InChI is InChI=1S/C23H34N4O4S/c1-17(22(28)25-23(29)24-20-8-4-5-9-20)26-12-14-27(15-13-26)32(30,31)21-11-10-18-6-2-3-7-19(18)16-21/h10-11,16-17,20H,2-9,12-15H2,1H3,(H2,24,25,28,29). The summed E-state index contributed by atoms with van der Waals surface area (Å²) in [5.41, 5.74) is 2.41. The first-order valence-corrected chi connectivity index (χ1v) is 13.3. The highest BCUT2D eigenvalue weighted by Gasteiger charge is 2.33. The smallest absolute Gasteiger partial charge is 0.321 e. The largest absolute Gasteiger partial charge is 0.335 e. The van der Waals surface area contributed by atoms with Gasteiger partial charge in [0.05, 0.1) is 10.9 Å². The summed E-state index contributed by atoms with van der Waals surface area (Å²) in [4.78, 5) is 26.9. The predicted molar refractivity (Wildman–Crippen MR) is 122 cm³/mol. The molecule has 1 unspecified atom stereocenters. The Labute approximate surface area is 190 Å². The lowest BCUT2D eigenvalue weighted by Gasteiger charge is -2.36. The Bertz CT molecular complexity index is 951. The Kier molecular flexibility index (Phi) is 7.17. The van der Waals surface area contributed by atoms with Crippen LogP contribution in [0.15, 0.2) is 23.1 Å². The minimum absolute atomic E-state index is 0.149. The Morgan fingerprint density at radius 3 is 2.31 bits per heavy atom. The SMILES string of the molecule is CC(C(=O)NC(=O)NC1CCCC1)N1CCN(S(=O)(=O)c2ccc3c(c2)CCCC3)CC1. The number of carbonyl (C=O) groups is 2. The van der Waals surface area contributed by atoms with Crippen LogP contribution in [0.5, 0.6) is 0 Å². The Balaban J connectivity index is 1.31. The molecule has 1 aromatic rings. The lowest BCUT2D eigenvalue weighted by Crippen LogP contribution is -2.56. The molecule has 1 aromatic carbocycles. The molecule has 0 aromatic heterocycles. The van der Waals surface area contributed by atoms with Gasteiger partial charge in [-0.05, 0) is 68.7 Å². The van der Waals surface area contributed by atoms with Gasteiger partial charge in [0.1, 0.15) is 0 Å². The monoisotopic (exact) mass is 462 g/mol. The number of rotatable bonds is 5. The van der Waals surface area contributed by atoms with Crippen molar-refractivity contribution in [2.24, 2.45) is 0 Å². The van der Waals surface area contributed by atoms with Gasteiger partial charge in [0.25, 0.3) is 0 Å². The molecule has 8 nitrogen and oxygen atoms in total. The van der Waals surface area contributed by atoms with E-state index >= 15 is 0 Å². The molecule has 0 radical (unpaired) electrons. The molecule has 1 atom stereocenters. The number of nitrogens with zero attached hydrogens (tertiary/aromatic N) is 2. The lowest BCUT2D eigenvalue weighted by atomic mass is 9.92. The maximum atomic E-state index is 13.2. The van der Waals surface area contributed by atoms with Gasteiger partial charge in [-0.1, -0.05) is 18.9 Å². The number of aryl methyl sites for hydroxylation is 2. The fourth-order valence-corrected chi connectivity index (χ4v) is 6.50. The second-order valence-electron chi connectivity index (χ2n) is 9.20. The van der Waals surface area contributed by atoms with E-state index in [-0.39, 0.29) is 11.9 Å². The fourth-order valence-electron chi connectivity index (χ4n) is 5.02. The summed E-state index contributed by atoms with van der Waals surface area (Å²) in [6, 6.07) is 4.73. The molecule has 1 saturated carbocycles. The summed E-state index contributed by atoms with van der Waals surface area (Å²) in [6.45, 7) is 3.30. The topological polar surface area (TPSA) is 98.8 Å². The van der Waals surface area contributed by atoms with E-state index in [9.17, 15) is 18.0 Å². The van der Waals surface area contributed by atoms with Gasteiger partial charge in [-0.3, -0.25) is 15.0 Å². The Morgan fingerprint density at radius 1 is 0.969 bits per heavy atom. The first-order chi connectivity index (χ1) is 15.3. The molecule has 3 amide bonds. The first kappa shape index (κ1) is 23.2. The zero-order chi connectivity index (χ0) is 22.7. The molecule has 1 saturated heterocycles. The number of benzene rings is 1. The van der Waals surface area contributed by atoms with E-state index in [1.807, 2.05) is 17.0 Å². The third-order valence-corrected chi connectivity index (χ3v) is 8.98. The van der Waals surface area contributed by atoms with Crippen LogP contribution in [0, 0.1) is 0 Å². The number of urea groups is 1. The molecule has 2 N–H and O–H groups in total. The van der Waals surface area contributed by atoms with Crippen molar-refractivity contribution >= 4 is 22.0 Å². The third kappa shape index (κ3) is 5.15. The molecule has 0 spiro atoms. The molecule has 1 aliphatic heterocycles. The zero-order valence-electron chi connectivity index (χ0n) is 18.8. The number of amides is 3. The van der Waals surface area contributed by atoms with Crippen LogP contribution in [0.4, 0.5) is 4.79 Å². The van der Waals surface area contributed by atoms with Crippen LogP contribution in [0.25, 0.3) is 0 Å². The maximum Gasteiger partial charge on any atom is 0.321 e. The number of carbonyl (C=O) groups excluding carboxylic acids is 2. The van der Waals surface area contributed by atoms with Crippen LogP contribution < -0.4 is 10.6 Å². The van der Waals surface area contributed by atoms with Gasteiger partial charge in [0.2, 0.25) is 15.9 Å². The molecule has 2 fully saturated rings. The first-order valence-electron chi connectivity index (χ1n) is 11.8. The molecule has 1 heterocycles. The van der Waals surface area contributed by atoms with E-state index in [0.29, 0.717) is 31.1 Å². The summed E-state index contributed by atoms with van der Waals surface area (Å²) in [5, 5.41) is 5.29. The van der Waals surface area contributed by atoms with E-state index in [4.69, 9.17) is 0 Å². The van der Waals surface area contributed by atoms with Crippen molar-refractivity contribution in [1.82, 2.24) is 19.8 Å². The van der Waals surface area contributed by atoms with Gasteiger partial charge in [0.15, 0.2) is 0 Å². The highest BCUT2D eigenvalue weighted by atomic mass is 32.2. The van der Waals surface area contributed by atoms with E-state index in [1.165, 1.54) is 9.87 Å². The average Bonchev–Trinajstić information content (AvgIpc) is 3.31. The number of hydrogen-bond acceptors (Lipinski definition) is 5. The molecule has 2 aliphatic carbocycles. The molecule has 4 rings (SSSR count). The summed E-state index contributed by atoms with van der Waals surface area (Å²) in [6.07, 6.45) is 8.35. The maximum absolute atomic E-state index is 13.2. The molecular weight excluding hydrogens is 428 g/mol. The summed E-state index contributed by atoms with van der Waals surface area (Å²) in [7, 11) is -3.56. The van der Waals surface area contributed by atoms with Crippen LogP contribution in [0.1, 0.15) is 56.6 Å². The molecular formula is C23H34N4O4S. The minimum Gasteiger partial charge on any atom is -0.335 e. The summed E-state index contributed by atoms with van der Waals surface area (Å²) in [5.74, 6) is -0.355. The average molecular weight is 463 g/mol. The number of imide groups is 1. The predicted octanol–water partition coefficient (Wildman–Crippen LogP) is 2.03. The zero-order valence-corrected chi connectivity index (χ0v) is 19.6. The van der Waals surface area contributed by atoms with Crippen molar-refractivity contribution < 1.29 is 18.0 Å². The van der Waals surface area contributed by atoms with Gasteiger partial charge in [-0.25, -0.2) is 13.2 Å². The van der Waals surface area contributed by atoms with Crippen molar-refractivity contribution in [3.05, 3.63) is 29.3 Å². The van der Waals surface area contributed by atoms with Crippen LogP contribution in [-0.2, 0) is 27.7 Å². The second kappa shape index (κ2) is 9.89. The normalized spacial score (nSPS) is 21.7. The van der Waals surface area contributed by atoms with Gasteiger partial charge >= 0.3 is 6.03 Å². The third-order valence-electron chi connectivity index (χ3n) is 7.09. The van der Waals surface area contributed by atoms with Crippen molar-refractivity contribution in [3.63, 3.8) is 0 Å². The van der Waals surface area contributed by atoms with Gasteiger partial charge in [-0.2, -0.15) is 4.31 Å². The summed E-state index contributed by atoms with van der Waals surface area (Å²) < 4.78 is 27.8. The number of hydrogen-bond donors (Lipinski definition) is 2. The molecule has 3 aliphatic rings. The van der Waals surface area contributed by atoms with E-state index in [2.05, 4.69) is 10.6 Å². The van der Waals surface area contributed by atoms with E-state index < -0.39 is 22.1 Å². The number of sulfonamides is 1. The number of fused-ring (bicyclic) bond motifs is 1. The summed E-state index contributed by atoms with van der Waals surface area (Å²) >= 11 is 0. The van der Waals surface area contributed by atoms with Crippen molar-refractivity contribution in [1.29, 1.82) is 0 Å². The Hall–Kier alpha value is -1.97. The fraction of sp³-hybridized carbons (Fsp3) is 0.652. The second-order valence-corrected chi connectivity index (χ2v) is 11.1.